The van der Waals surface area contributed by atoms with Crippen LogP contribution in [-0.2, 0) is 4.79 Å². The van der Waals surface area contributed by atoms with Crippen molar-refractivity contribution in [1.82, 2.24) is 15.5 Å². The monoisotopic (exact) mass is 373 g/mol. The number of hydrogen-bond acceptors (Lipinski definition) is 4. The van der Waals surface area contributed by atoms with Crippen LogP contribution in [0.2, 0.25) is 0 Å². The molecule has 0 aromatic heterocycles. The highest BCUT2D eigenvalue weighted by Crippen LogP contribution is 2.37. The van der Waals surface area contributed by atoms with Crippen LogP contribution in [0.4, 0.5) is 4.39 Å². The first-order valence-electron chi connectivity index (χ1n) is 8.61. The van der Waals surface area contributed by atoms with Gasteiger partial charge in [0.1, 0.15) is 0 Å². The van der Waals surface area contributed by atoms with Crippen LogP contribution in [-0.4, -0.2) is 66.7 Å². The Morgan fingerprint density at radius 1 is 1.56 bits per heavy atom. The van der Waals surface area contributed by atoms with Crippen LogP contribution < -0.4 is 10.6 Å². The highest BCUT2D eigenvalue weighted by molar-refractivity contribution is 6.18. The zero-order valence-corrected chi connectivity index (χ0v) is 15.5. The summed E-state index contributed by atoms with van der Waals surface area (Å²) in [7, 11) is 0. The molecule has 1 aliphatic carbocycles. The predicted octanol–water partition coefficient (Wildman–Crippen LogP) is 1.60. The second-order valence-electron chi connectivity index (χ2n) is 5.99. The van der Waals surface area contributed by atoms with Gasteiger partial charge in [-0.2, -0.15) is 0 Å². The molecule has 0 aromatic rings. The highest BCUT2D eigenvalue weighted by atomic mass is 35.5. The van der Waals surface area contributed by atoms with E-state index in [-0.39, 0.29) is 37.1 Å². The van der Waals surface area contributed by atoms with Gasteiger partial charge in [0.05, 0.1) is 19.5 Å². The summed E-state index contributed by atoms with van der Waals surface area (Å²) in [5, 5.41) is 15.3. The topological polar surface area (TPSA) is 64.6 Å². The lowest BCUT2D eigenvalue weighted by molar-refractivity contribution is -0.120. The van der Waals surface area contributed by atoms with Crippen molar-refractivity contribution in [3.05, 3.63) is 36.7 Å². The van der Waals surface area contributed by atoms with Crippen molar-refractivity contribution in [1.29, 1.82) is 0 Å². The molecule has 3 N–H and O–H groups in total. The van der Waals surface area contributed by atoms with Crippen LogP contribution >= 0.6 is 11.6 Å². The van der Waals surface area contributed by atoms with E-state index in [1.165, 1.54) is 6.08 Å². The fourth-order valence-corrected chi connectivity index (χ4v) is 3.08. The average molecular weight is 374 g/mol. The molecule has 1 rings (SSSR count). The van der Waals surface area contributed by atoms with Gasteiger partial charge in [-0.05, 0) is 24.6 Å². The molecule has 1 aliphatic rings. The minimum atomic E-state index is -0.0902. The van der Waals surface area contributed by atoms with Crippen molar-refractivity contribution < 1.29 is 14.3 Å². The van der Waals surface area contributed by atoms with Gasteiger partial charge in [-0.1, -0.05) is 25.7 Å². The third-order valence-electron chi connectivity index (χ3n) is 4.34. The Balaban J connectivity index is 2.26. The quantitative estimate of drug-likeness (QED) is 0.339. The van der Waals surface area contributed by atoms with Crippen molar-refractivity contribution in [2.24, 2.45) is 5.92 Å². The molecule has 3 atom stereocenters. The Hall–Kier alpha value is -1.21. The van der Waals surface area contributed by atoms with Crippen molar-refractivity contribution >= 4 is 17.5 Å². The number of hydrogen-bond donors (Lipinski definition) is 3. The lowest BCUT2D eigenvalue weighted by Crippen LogP contribution is -2.45. The molecule has 0 spiro atoms. The smallest absolute Gasteiger partial charge is 0.234 e. The van der Waals surface area contributed by atoms with E-state index in [2.05, 4.69) is 17.2 Å². The number of allylic oxidation sites excluding steroid dienone is 3. The molecule has 142 valence electrons. The fraction of sp³-hybridized carbons (Fsp3) is 0.611. The molecule has 7 heteroatoms. The molecule has 25 heavy (non-hydrogen) atoms. The van der Waals surface area contributed by atoms with Gasteiger partial charge in [0.25, 0.3) is 0 Å². The molecule has 5 nitrogen and oxygen atoms in total. The van der Waals surface area contributed by atoms with Gasteiger partial charge < -0.3 is 15.7 Å². The van der Waals surface area contributed by atoms with Crippen molar-refractivity contribution in [2.75, 3.05) is 38.7 Å². The van der Waals surface area contributed by atoms with Crippen LogP contribution in [0.1, 0.15) is 13.3 Å². The number of carbonyl (C=O) groups is 1. The number of aliphatic hydroxyl groups is 1. The summed E-state index contributed by atoms with van der Waals surface area (Å²) in [4.78, 5) is 13.9. The van der Waals surface area contributed by atoms with E-state index in [9.17, 15) is 14.3 Å². The molecule has 0 bridgehead atoms. The predicted molar refractivity (Wildman–Crippen MR) is 100 cm³/mol. The summed E-state index contributed by atoms with van der Waals surface area (Å²) in [6.45, 7) is 7.75. The maximum atomic E-state index is 12.4. The van der Waals surface area contributed by atoms with Gasteiger partial charge in [0.2, 0.25) is 5.91 Å². The van der Waals surface area contributed by atoms with E-state index >= 15 is 0 Å². The number of aliphatic hydroxyl groups excluding tert-OH is 1. The Morgan fingerprint density at radius 2 is 2.32 bits per heavy atom. The zero-order chi connectivity index (χ0) is 18.7. The van der Waals surface area contributed by atoms with E-state index in [1.807, 2.05) is 11.8 Å². The van der Waals surface area contributed by atoms with Crippen molar-refractivity contribution in [3.8, 4) is 0 Å². The molecule has 0 heterocycles. The summed E-state index contributed by atoms with van der Waals surface area (Å²) in [6.07, 6.45) is 6.27. The van der Waals surface area contributed by atoms with Gasteiger partial charge in [-0.25, -0.2) is 4.39 Å². The summed E-state index contributed by atoms with van der Waals surface area (Å²) in [5.74, 6) is 0.502. The highest BCUT2D eigenvalue weighted by Gasteiger charge is 2.38. The van der Waals surface area contributed by atoms with Crippen LogP contribution in [0.15, 0.2) is 36.7 Å². The molecule has 0 aliphatic heterocycles. The Bertz CT molecular complexity index is 481. The molecule has 1 saturated carbocycles. The first-order valence-corrected chi connectivity index (χ1v) is 9.14. The van der Waals surface area contributed by atoms with Crippen LogP contribution in [0.25, 0.3) is 0 Å². The molecule has 3 unspecified atom stereocenters. The van der Waals surface area contributed by atoms with E-state index in [1.54, 1.807) is 12.2 Å². The van der Waals surface area contributed by atoms with E-state index < -0.39 is 0 Å². The van der Waals surface area contributed by atoms with Gasteiger partial charge in [-0.15, -0.1) is 11.6 Å². The normalized spacial score (nSPS) is 21.6. The number of alkyl halides is 1. The van der Waals surface area contributed by atoms with E-state index in [0.29, 0.717) is 25.3 Å². The maximum absolute atomic E-state index is 12.4. The number of likely N-dealkylation sites (N-methyl/N-ethyl adjacent to an activating group) is 1. The summed E-state index contributed by atoms with van der Waals surface area (Å²) < 4.78 is 12.4. The zero-order valence-electron chi connectivity index (χ0n) is 14.8. The van der Waals surface area contributed by atoms with Gasteiger partial charge >= 0.3 is 0 Å². The van der Waals surface area contributed by atoms with Gasteiger partial charge in [-0.3, -0.25) is 9.69 Å². The average Bonchev–Trinajstić information content (AvgIpc) is 3.39. The first-order chi connectivity index (χ1) is 12.1. The summed E-state index contributed by atoms with van der Waals surface area (Å²) in [5.41, 5.74) is 0.880. The molecule has 1 fully saturated rings. The van der Waals surface area contributed by atoms with Gasteiger partial charge in [0, 0.05) is 37.0 Å². The third kappa shape index (κ3) is 7.69. The number of halogens is 2. The van der Waals surface area contributed by atoms with E-state index in [0.717, 1.165) is 18.5 Å². The minimum absolute atomic E-state index is 0.00377. The standard InChI is InChI=1S/C18H29ClFN3O2/c1-3-5-14(6-7-20)16-10-17(16)22-12-18(25)21-8-9-23(4-2)15(11-19)13-24/h3,5-7,15-17,22,24H,1,4,8-13H2,2H3,(H,21,25)/b7-6+,14-5+. The van der Waals surface area contributed by atoms with Crippen LogP contribution in [0.3, 0.4) is 0 Å². The minimum Gasteiger partial charge on any atom is -0.395 e. The molecular weight excluding hydrogens is 345 g/mol. The van der Waals surface area contributed by atoms with Crippen LogP contribution in [0.5, 0.6) is 0 Å². The summed E-state index contributed by atoms with van der Waals surface area (Å²) in [6, 6.07) is 0.0999. The molecule has 0 radical (unpaired) electrons. The third-order valence-corrected chi connectivity index (χ3v) is 4.70. The molecule has 1 amide bonds. The Labute approximate surface area is 154 Å². The first kappa shape index (κ1) is 21.8. The van der Waals surface area contributed by atoms with E-state index in [4.69, 9.17) is 11.6 Å². The van der Waals surface area contributed by atoms with Crippen molar-refractivity contribution in [3.63, 3.8) is 0 Å². The molecular formula is C18H29ClFN3O2. The second-order valence-corrected chi connectivity index (χ2v) is 6.30. The number of carbonyl (C=O) groups excluding carboxylic acids is 1. The lowest BCUT2D eigenvalue weighted by atomic mass is 10.1. The molecule has 0 saturated heterocycles. The number of nitrogens with zero attached hydrogens (tertiary/aromatic N) is 1. The summed E-state index contributed by atoms with van der Waals surface area (Å²) >= 11 is 5.82. The molecule has 0 aromatic carbocycles. The maximum Gasteiger partial charge on any atom is 0.234 e. The number of amides is 1. The SMILES string of the molecule is C=C/C=C(\C=C\F)C1CC1NCC(=O)NCCN(CC)C(CO)CCl. The lowest BCUT2D eigenvalue weighted by Gasteiger charge is -2.27. The second kappa shape index (κ2) is 12.2. The van der Waals surface area contributed by atoms with Crippen LogP contribution in [0, 0.1) is 5.92 Å². The largest absolute Gasteiger partial charge is 0.395 e. The fourth-order valence-electron chi connectivity index (χ4n) is 2.79. The number of nitrogens with one attached hydrogen (secondary N) is 2. The van der Waals surface area contributed by atoms with Gasteiger partial charge in [0.15, 0.2) is 0 Å². The van der Waals surface area contributed by atoms with Crippen molar-refractivity contribution in [2.45, 2.75) is 25.4 Å². The Morgan fingerprint density at radius 3 is 2.88 bits per heavy atom. The number of rotatable bonds is 13. The Kier molecular flexibility index (Phi) is 10.6.